The predicted octanol–water partition coefficient (Wildman–Crippen LogP) is 6.06. The van der Waals surface area contributed by atoms with E-state index in [4.69, 9.17) is 0 Å². The Morgan fingerprint density at radius 2 is 1.07 bits per heavy atom. The van der Waals surface area contributed by atoms with Crippen LogP contribution in [0.5, 0.6) is 0 Å². The molecule has 1 fully saturated rings. The normalized spacial score (nSPS) is 30.0. The fourth-order valence-corrected chi connectivity index (χ4v) is 2.35. The van der Waals surface area contributed by atoms with E-state index in [1.165, 1.54) is 0 Å². The van der Waals surface area contributed by atoms with E-state index in [-0.39, 0.29) is 0 Å². The number of hydrogen-bond donors (Lipinski definition) is 0. The zero-order chi connectivity index (χ0) is 21.7. The maximum atomic E-state index is 14.6. The lowest BCUT2D eigenvalue weighted by Gasteiger charge is -2.32. The summed E-state index contributed by atoms with van der Waals surface area (Å²) in [7, 11) is 0. The minimum atomic E-state index is -6.55. The van der Waals surface area contributed by atoms with Crippen LogP contribution in [0, 0.1) is 0 Å². The van der Waals surface area contributed by atoms with Gasteiger partial charge in [-0.1, -0.05) is 13.8 Å². The largest absolute Gasteiger partial charge is 0.453 e. The van der Waals surface area contributed by atoms with Gasteiger partial charge < -0.3 is 0 Å². The molecule has 162 valence electrons. The molecule has 27 heavy (non-hydrogen) atoms. The van der Waals surface area contributed by atoms with Crippen LogP contribution >= 0.6 is 0 Å². The second-order valence-corrected chi connectivity index (χ2v) is 5.89. The van der Waals surface area contributed by atoms with Crippen molar-refractivity contribution in [3.63, 3.8) is 0 Å². The zero-order valence-corrected chi connectivity index (χ0v) is 13.7. The molecule has 2 atom stereocenters. The Kier molecular flexibility index (Phi) is 5.86. The van der Waals surface area contributed by atoms with Gasteiger partial charge in [-0.3, -0.25) is 9.47 Å². The van der Waals surface area contributed by atoms with Gasteiger partial charge in [-0.2, -0.15) is 43.9 Å². The molecule has 2 unspecified atom stereocenters. The summed E-state index contributed by atoms with van der Waals surface area (Å²) in [5.74, 6) is -24.8. The summed E-state index contributed by atoms with van der Waals surface area (Å²) >= 11 is 0. The van der Waals surface area contributed by atoms with E-state index in [9.17, 15) is 52.7 Å². The van der Waals surface area contributed by atoms with Crippen LogP contribution in [0.3, 0.4) is 0 Å². The van der Waals surface area contributed by atoms with Crippen molar-refractivity contribution in [1.29, 1.82) is 0 Å². The lowest BCUT2D eigenvalue weighted by molar-refractivity contribution is -0.459. The first kappa shape index (κ1) is 24.1. The number of hydrogen-bond acceptors (Lipinski definition) is 2. The van der Waals surface area contributed by atoms with Crippen LogP contribution in [-0.2, 0) is 9.47 Å². The van der Waals surface area contributed by atoms with Gasteiger partial charge in [-0.15, -0.1) is 0 Å². The van der Waals surface area contributed by atoms with Crippen LogP contribution in [0.4, 0.5) is 52.7 Å². The predicted molar refractivity (Wildman–Crippen MR) is 64.4 cm³/mol. The number of ether oxygens (including phenoxy) is 2. The molecule has 0 radical (unpaired) electrons. The van der Waals surface area contributed by atoms with Crippen molar-refractivity contribution in [2.45, 2.75) is 81.2 Å². The molecule has 1 rings (SSSR count). The van der Waals surface area contributed by atoms with Gasteiger partial charge in [0.05, 0.1) is 0 Å². The molecule has 0 amide bonds. The van der Waals surface area contributed by atoms with E-state index >= 15 is 0 Å². The molecule has 1 heterocycles. The SMILES string of the molecule is CCC(F)(F)C(F)(F)CCC1(F)OC(C(F)(F)F)(C(F)(F)F)OC1(F)CC. The summed E-state index contributed by atoms with van der Waals surface area (Å²) in [4.78, 5) is 0. The summed E-state index contributed by atoms with van der Waals surface area (Å²) < 4.78 is 166. The summed E-state index contributed by atoms with van der Waals surface area (Å²) in [6.07, 6.45) is -20.7. The van der Waals surface area contributed by atoms with Crippen LogP contribution in [0.25, 0.3) is 0 Å². The highest BCUT2D eigenvalue weighted by molar-refractivity contribution is 5.03. The van der Waals surface area contributed by atoms with E-state index in [2.05, 4.69) is 9.47 Å². The summed E-state index contributed by atoms with van der Waals surface area (Å²) in [6.45, 7) is 1.16. The van der Waals surface area contributed by atoms with Crippen molar-refractivity contribution in [2.75, 3.05) is 0 Å². The average molecular weight is 430 g/mol. The third kappa shape index (κ3) is 3.70. The highest BCUT2D eigenvalue weighted by Crippen LogP contribution is 2.61. The first-order chi connectivity index (χ1) is 11.7. The van der Waals surface area contributed by atoms with Crippen LogP contribution < -0.4 is 0 Å². The Balaban J connectivity index is 3.33. The standard InChI is InChI=1S/C13H14F12O2/c1-3-7(14,15)8(16,17)5-6-10(19)9(18,4-2)26-11(27-10,12(20,21)22)13(23,24)25/h3-6H2,1-2H3. The number of rotatable bonds is 6. The molecule has 2 nitrogen and oxygen atoms in total. The minimum absolute atomic E-state index is 0.555. The van der Waals surface area contributed by atoms with Crippen molar-refractivity contribution < 1.29 is 62.2 Å². The maximum absolute atomic E-state index is 14.6. The minimum Gasteiger partial charge on any atom is -0.293 e. The van der Waals surface area contributed by atoms with E-state index in [0.29, 0.717) is 13.8 Å². The number of alkyl halides is 12. The van der Waals surface area contributed by atoms with Crippen molar-refractivity contribution in [3.05, 3.63) is 0 Å². The van der Waals surface area contributed by atoms with E-state index in [1.807, 2.05) is 0 Å². The van der Waals surface area contributed by atoms with Crippen LogP contribution in [0.2, 0.25) is 0 Å². The first-order valence-electron chi connectivity index (χ1n) is 7.41. The van der Waals surface area contributed by atoms with Crippen molar-refractivity contribution in [3.8, 4) is 0 Å². The molecule has 0 spiro atoms. The van der Waals surface area contributed by atoms with Gasteiger partial charge in [0.1, 0.15) is 0 Å². The van der Waals surface area contributed by atoms with Gasteiger partial charge in [-0.25, -0.2) is 8.78 Å². The third-order valence-electron chi connectivity index (χ3n) is 4.11. The Morgan fingerprint density at radius 1 is 0.667 bits per heavy atom. The fourth-order valence-electron chi connectivity index (χ4n) is 2.35. The molecule has 14 heteroatoms. The van der Waals surface area contributed by atoms with Gasteiger partial charge in [0.15, 0.2) is 0 Å². The lowest BCUT2D eigenvalue weighted by atomic mass is 9.96. The molecular formula is C13H14F12O2. The fraction of sp³-hybridized carbons (Fsp3) is 1.00. The third-order valence-corrected chi connectivity index (χ3v) is 4.11. The Labute approximate surface area is 144 Å². The van der Waals surface area contributed by atoms with Crippen LogP contribution in [-0.4, -0.2) is 41.7 Å². The molecule has 1 saturated heterocycles. The smallest absolute Gasteiger partial charge is 0.293 e. The molecule has 0 aromatic carbocycles. The molecule has 0 saturated carbocycles. The van der Waals surface area contributed by atoms with Gasteiger partial charge in [0, 0.05) is 25.7 Å². The molecule has 1 aliphatic heterocycles. The van der Waals surface area contributed by atoms with E-state index in [0.717, 1.165) is 0 Å². The zero-order valence-electron chi connectivity index (χ0n) is 13.7. The van der Waals surface area contributed by atoms with E-state index in [1.54, 1.807) is 0 Å². The van der Waals surface area contributed by atoms with Crippen molar-refractivity contribution in [1.82, 2.24) is 0 Å². The number of halogens is 12. The maximum Gasteiger partial charge on any atom is 0.453 e. The summed E-state index contributed by atoms with van der Waals surface area (Å²) in [6, 6.07) is 0. The monoisotopic (exact) mass is 430 g/mol. The van der Waals surface area contributed by atoms with Crippen LogP contribution in [0.15, 0.2) is 0 Å². The highest BCUT2D eigenvalue weighted by Gasteiger charge is 2.85. The van der Waals surface area contributed by atoms with Crippen molar-refractivity contribution in [2.24, 2.45) is 0 Å². The first-order valence-corrected chi connectivity index (χ1v) is 7.41. The second kappa shape index (κ2) is 6.56. The van der Waals surface area contributed by atoms with E-state index < -0.39 is 67.4 Å². The molecule has 0 aromatic heterocycles. The Morgan fingerprint density at radius 3 is 1.41 bits per heavy atom. The summed E-state index contributed by atoms with van der Waals surface area (Å²) in [5.41, 5.74) is 0. The Hall–Kier alpha value is -0.920. The topological polar surface area (TPSA) is 18.5 Å². The molecule has 1 aliphatic rings. The van der Waals surface area contributed by atoms with Gasteiger partial charge >= 0.3 is 30.0 Å². The average Bonchev–Trinajstić information content (AvgIpc) is 2.75. The molecule has 0 N–H and O–H groups in total. The lowest BCUT2D eigenvalue weighted by Crippen LogP contribution is -2.59. The summed E-state index contributed by atoms with van der Waals surface area (Å²) in [5, 5.41) is 0. The molecular weight excluding hydrogens is 416 g/mol. The second-order valence-electron chi connectivity index (χ2n) is 5.89. The van der Waals surface area contributed by atoms with Crippen LogP contribution in [0.1, 0.15) is 39.5 Å². The quantitative estimate of drug-likeness (QED) is 0.478. The highest BCUT2D eigenvalue weighted by atomic mass is 19.4. The van der Waals surface area contributed by atoms with Gasteiger partial charge in [0.2, 0.25) is 0 Å². The van der Waals surface area contributed by atoms with Gasteiger partial charge in [-0.05, 0) is 0 Å². The van der Waals surface area contributed by atoms with Gasteiger partial charge in [0.25, 0.3) is 11.7 Å². The molecule has 0 bridgehead atoms. The Bertz CT molecular complexity index is 528. The molecule has 0 aromatic rings. The van der Waals surface area contributed by atoms with Crippen molar-refractivity contribution >= 4 is 0 Å². The molecule has 0 aliphatic carbocycles.